The van der Waals surface area contributed by atoms with E-state index in [9.17, 15) is 9.59 Å². The van der Waals surface area contributed by atoms with Gasteiger partial charge in [-0.15, -0.1) is 11.3 Å². The molecule has 1 aliphatic heterocycles. The van der Waals surface area contributed by atoms with Crippen molar-refractivity contribution >= 4 is 23.1 Å². The molecule has 35 heavy (non-hydrogen) atoms. The number of nitrogens with zero attached hydrogens (tertiary/aromatic N) is 1. The average molecular weight is 496 g/mol. The Morgan fingerprint density at radius 3 is 2.51 bits per heavy atom. The molecule has 0 amide bonds. The molecule has 5 nitrogen and oxygen atoms in total. The minimum Gasteiger partial charge on any atom is -0.493 e. The minimum atomic E-state index is -0.694. The van der Waals surface area contributed by atoms with Crippen LogP contribution in [-0.4, -0.2) is 48.0 Å². The van der Waals surface area contributed by atoms with E-state index in [1.165, 1.54) is 21.6 Å². The Hall–Kier alpha value is -2.18. The van der Waals surface area contributed by atoms with Crippen molar-refractivity contribution < 1.29 is 19.4 Å². The van der Waals surface area contributed by atoms with Crippen molar-refractivity contribution in [1.29, 1.82) is 0 Å². The Morgan fingerprint density at radius 2 is 1.86 bits per heavy atom. The van der Waals surface area contributed by atoms with Gasteiger partial charge >= 0.3 is 5.97 Å². The first kappa shape index (κ1) is 24.5. The van der Waals surface area contributed by atoms with E-state index >= 15 is 0 Å². The van der Waals surface area contributed by atoms with Crippen LogP contribution in [0.2, 0.25) is 0 Å². The number of carboxylic acids is 1. The zero-order chi connectivity index (χ0) is 25.1. The topological polar surface area (TPSA) is 66.8 Å². The van der Waals surface area contributed by atoms with Gasteiger partial charge in [-0.25, -0.2) is 0 Å². The molecule has 1 aromatic heterocycles. The molecule has 2 atom stereocenters. The number of likely N-dealkylation sites (tertiary alicyclic amines) is 1. The van der Waals surface area contributed by atoms with Crippen LogP contribution in [0.15, 0.2) is 12.1 Å². The number of rotatable bonds is 10. The Morgan fingerprint density at radius 1 is 1.17 bits per heavy atom. The summed E-state index contributed by atoms with van der Waals surface area (Å²) < 4.78 is 6.09. The third kappa shape index (κ3) is 4.44. The summed E-state index contributed by atoms with van der Waals surface area (Å²) in [6.07, 6.45) is 3.27. The van der Waals surface area contributed by atoms with E-state index in [-0.39, 0.29) is 5.92 Å². The number of carbonyl (C=O) groups excluding carboxylic acids is 1. The van der Waals surface area contributed by atoms with Gasteiger partial charge in [-0.2, -0.15) is 0 Å². The third-order valence-electron chi connectivity index (χ3n) is 8.60. The fourth-order valence-corrected chi connectivity index (χ4v) is 7.71. The molecule has 2 heterocycles. The standard InChI is InChI=1S/C29H37NO4S/c1-16-11-19(12-17(2)26(16)34-10-6-9-30-14-20(15-30)28(32)33)7-8-23(31)27-21-13-22-25(29(22,4)5)24(21)18(3)35-27/h11-12,20,22,25H,6-10,13-15H2,1-5H3,(H,32,33)/t22-,25-/m1/s1. The van der Waals surface area contributed by atoms with Crippen molar-refractivity contribution in [2.45, 2.75) is 66.2 Å². The number of ether oxygens (including phenoxy) is 1. The van der Waals surface area contributed by atoms with Crippen molar-refractivity contribution in [3.05, 3.63) is 49.7 Å². The van der Waals surface area contributed by atoms with Gasteiger partial charge in [-0.05, 0) is 85.1 Å². The maximum atomic E-state index is 13.2. The van der Waals surface area contributed by atoms with E-state index < -0.39 is 5.97 Å². The maximum absolute atomic E-state index is 13.2. The van der Waals surface area contributed by atoms with E-state index in [0.29, 0.717) is 43.2 Å². The molecule has 2 aliphatic carbocycles. The fraction of sp³-hybridized carbons (Fsp3) is 0.586. The van der Waals surface area contributed by atoms with Crippen LogP contribution in [0.25, 0.3) is 0 Å². The lowest BCUT2D eigenvalue weighted by atomic mass is 9.93. The monoisotopic (exact) mass is 495 g/mol. The summed E-state index contributed by atoms with van der Waals surface area (Å²) in [6.45, 7) is 13.9. The normalized spacial score (nSPS) is 22.4. The lowest BCUT2D eigenvalue weighted by Crippen LogP contribution is -2.50. The minimum absolute atomic E-state index is 0.206. The fourth-order valence-electron chi connectivity index (χ4n) is 6.51. The molecule has 0 spiro atoms. The first-order chi connectivity index (χ1) is 16.6. The first-order valence-corrected chi connectivity index (χ1v) is 13.7. The van der Waals surface area contributed by atoms with Crippen molar-refractivity contribution in [3.63, 3.8) is 0 Å². The molecule has 2 fully saturated rings. The van der Waals surface area contributed by atoms with Crippen molar-refractivity contribution in [2.24, 2.45) is 17.3 Å². The average Bonchev–Trinajstić information content (AvgIpc) is 3.07. The Bertz CT molecular complexity index is 1150. The number of fused-ring (bicyclic) bond motifs is 3. The molecular weight excluding hydrogens is 458 g/mol. The number of hydrogen-bond donors (Lipinski definition) is 1. The van der Waals surface area contributed by atoms with E-state index in [1.807, 2.05) is 0 Å². The predicted molar refractivity (Wildman–Crippen MR) is 139 cm³/mol. The highest BCUT2D eigenvalue weighted by atomic mass is 32.1. The molecule has 0 bridgehead atoms. The SMILES string of the molecule is Cc1cc(CCC(=O)c2sc(C)c3c2C[C@@H]2[C@H]3C2(C)C)cc(C)c1OCCCN1CC(C(=O)O)C1. The number of carbonyl (C=O) groups is 2. The summed E-state index contributed by atoms with van der Waals surface area (Å²) in [4.78, 5) is 28.6. The number of benzene rings is 1. The summed E-state index contributed by atoms with van der Waals surface area (Å²) in [5, 5.41) is 8.98. The quantitative estimate of drug-likeness (QED) is 0.345. The lowest BCUT2D eigenvalue weighted by Gasteiger charge is -2.36. The molecule has 188 valence electrons. The molecule has 1 saturated heterocycles. The van der Waals surface area contributed by atoms with Gasteiger partial charge in [0.15, 0.2) is 5.78 Å². The highest BCUT2D eigenvalue weighted by Crippen LogP contribution is 2.71. The van der Waals surface area contributed by atoms with Crippen LogP contribution in [0.5, 0.6) is 5.75 Å². The molecule has 1 saturated carbocycles. The van der Waals surface area contributed by atoms with Gasteiger partial charge < -0.3 is 14.7 Å². The second-order valence-electron chi connectivity index (χ2n) is 11.5. The van der Waals surface area contributed by atoms with Gasteiger partial charge in [0.05, 0.1) is 17.4 Å². The van der Waals surface area contributed by atoms with Gasteiger partial charge in [-0.1, -0.05) is 26.0 Å². The van der Waals surface area contributed by atoms with Crippen molar-refractivity contribution in [3.8, 4) is 5.75 Å². The van der Waals surface area contributed by atoms with Gasteiger partial charge in [0.1, 0.15) is 5.75 Å². The molecule has 6 heteroatoms. The van der Waals surface area contributed by atoms with Crippen molar-refractivity contribution in [1.82, 2.24) is 4.90 Å². The van der Waals surface area contributed by atoms with Crippen LogP contribution in [0, 0.1) is 38.0 Å². The molecule has 0 radical (unpaired) electrons. The van der Waals surface area contributed by atoms with Crippen molar-refractivity contribution in [2.75, 3.05) is 26.2 Å². The molecule has 2 aromatic rings. The maximum Gasteiger partial charge on any atom is 0.309 e. The zero-order valence-electron chi connectivity index (χ0n) is 21.6. The van der Waals surface area contributed by atoms with E-state index in [1.54, 1.807) is 11.3 Å². The summed E-state index contributed by atoms with van der Waals surface area (Å²) >= 11 is 1.72. The number of aryl methyl sites for hydroxylation is 4. The first-order valence-electron chi connectivity index (χ1n) is 12.9. The molecule has 3 aliphatic rings. The lowest BCUT2D eigenvalue weighted by molar-refractivity contribution is -0.147. The number of aliphatic carboxylic acids is 1. The largest absolute Gasteiger partial charge is 0.493 e. The van der Waals surface area contributed by atoms with Crippen LogP contribution in [-0.2, 0) is 17.6 Å². The van der Waals surface area contributed by atoms with Crippen LogP contribution < -0.4 is 4.74 Å². The smallest absolute Gasteiger partial charge is 0.309 e. The summed E-state index contributed by atoms with van der Waals surface area (Å²) in [5.41, 5.74) is 6.68. The van der Waals surface area contributed by atoms with E-state index in [4.69, 9.17) is 9.84 Å². The van der Waals surface area contributed by atoms with E-state index in [0.717, 1.165) is 53.5 Å². The van der Waals surface area contributed by atoms with Gasteiger partial charge in [0, 0.05) is 30.9 Å². The second-order valence-corrected chi connectivity index (χ2v) is 12.7. The number of hydrogen-bond acceptors (Lipinski definition) is 5. The number of carboxylic acid groups (broad SMARTS) is 1. The number of Topliss-reactive ketones (excluding diaryl/α,β-unsaturated/α-hetero) is 1. The number of ketones is 1. The second kappa shape index (κ2) is 9.04. The third-order valence-corrected chi connectivity index (χ3v) is 9.81. The van der Waals surface area contributed by atoms with Crippen LogP contribution in [0.3, 0.4) is 0 Å². The Labute approximate surface area is 212 Å². The van der Waals surface area contributed by atoms with Crippen LogP contribution >= 0.6 is 11.3 Å². The summed E-state index contributed by atoms with van der Waals surface area (Å²) in [6, 6.07) is 4.31. The van der Waals surface area contributed by atoms with Gasteiger partial charge in [0.2, 0.25) is 0 Å². The zero-order valence-corrected chi connectivity index (χ0v) is 22.4. The molecule has 1 aromatic carbocycles. The molecule has 0 unspecified atom stereocenters. The van der Waals surface area contributed by atoms with Crippen LogP contribution in [0.1, 0.15) is 75.0 Å². The Kier molecular flexibility index (Phi) is 6.33. The van der Waals surface area contributed by atoms with Gasteiger partial charge in [0.25, 0.3) is 0 Å². The predicted octanol–water partition coefficient (Wildman–Crippen LogP) is 5.57. The molecular formula is C29H37NO4S. The van der Waals surface area contributed by atoms with Crippen LogP contribution in [0.4, 0.5) is 0 Å². The highest BCUT2D eigenvalue weighted by Gasteiger charge is 2.63. The number of thiophene rings is 1. The summed E-state index contributed by atoms with van der Waals surface area (Å²) in [7, 11) is 0. The molecule has 1 N–H and O–H groups in total. The summed E-state index contributed by atoms with van der Waals surface area (Å²) in [5.74, 6) is 1.73. The van der Waals surface area contributed by atoms with E-state index in [2.05, 4.69) is 51.7 Å². The molecule has 5 rings (SSSR count). The highest BCUT2D eigenvalue weighted by molar-refractivity contribution is 7.14. The Balaban J connectivity index is 1.13. The van der Waals surface area contributed by atoms with Gasteiger partial charge in [-0.3, -0.25) is 9.59 Å².